The molecule has 182 valence electrons. The number of azo groups is 1. The number of aromatic hydroxyl groups is 1. The fourth-order valence-electron chi connectivity index (χ4n) is 4.01. The number of carbonyl (C=O) groups is 1. The van der Waals surface area contributed by atoms with Gasteiger partial charge in [-0.2, -0.15) is 9.78 Å². The molecule has 2 heterocycles. The number of rotatable bonds is 5. The number of thiazole rings is 1. The lowest BCUT2D eigenvalue weighted by molar-refractivity contribution is 0.102. The van der Waals surface area contributed by atoms with E-state index in [9.17, 15) is 9.90 Å². The first-order chi connectivity index (χ1) is 18.6. The first kappa shape index (κ1) is 23.0. The van der Waals surface area contributed by atoms with Gasteiger partial charge in [0.1, 0.15) is 5.69 Å². The number of phenols is 1. The molecule has 2 N–H and O–H groups in total. The molecule has 0 fully saturated rings. The van der Waals surface area contributed by atoms with Crippen molar-refractivity contribution in [3.8, 4) is 10.9 Å². The van der Waals surface area contributed by atoms with Crippen LogP contribution < -0.4 is 5.32 Å². The molecule has 6 aromatic rings. The highest BCUT2D eigenvalue weighted by molar-refractivity contribution is 7.20. The van der Waals surface area contributed by atoms with Crippen molar-refractivity contribution in [1.29, 1.82) is 0 Å². The molecule has 0 bridgehead atoms. The summed E-state index contributed by atoms with van der Waals surface area (Å²) in [6.45, 7) is 7.57. The fraction of sp³-hybridized carbons (Fsp3) is 0. The second-order valence-electron chi connectivity index (χ2n) is 8.20. The lowest BCUT2D eigenvalue weighted by atomic mass is 10.0. The number of fused-ring (bicyclic) bond motifs is 2. The molecular formula is C28H17N7O2S. The molecule has 0 aliphatic carbocycles. The Morgan fingerprint density at radius 1 is 1.00 bits per heavy atom. The Kier molecular flexibility index (Phi) is 5.80. The molecule has 6 rings (SSSR count). The van der Waals surface area contributed by atoms with Gasteiger partial charge in [-0.3, -0.25) is 4.79 Å². The first-order valence-electron chi connectivity index (χ1n) is 11.5. The molecule has 0 saturated heterocycles. The van der Waals surface area contributed by atoms with E-state index in [1.54, 1.807) is 42.5 Å². The van der Waals surface area contributed by atoms with Crippen LogP contribution in [0.1, 0.15) is 10.4 Å². The van der Waals surface area contributed by atoms with Crippen molar-refractivity contribution in [2.24, 2.45) is 10.2 Å². The summed E-state index contributed by atoms with van der Waals surface area (Å²) in [6.07, 6.45) is 1.40. The molecule has 0 aliphatic heterocycles. The van der Waals surface area contributed by atoms with E-state index in [4.69, 9.17) is 6.57 Å². The van der Waals surface area contributed by atoms with Gasteiger partial charge in [0.15, 0.2) is 11.6 Å². The Bertz CT molecular complexity index is 1870. The lowest BCUT2D eigenvalue weighted by Crippen LogP contribution is -2.12. The van der Waals surface area contributed by atoms with Crippen molar-refractivity contribution >= 4 is 61.1 Å². The van der Waals surface area contributed by atoms with E-state index in [0.29, 0.717) is 21.6 Å². The Balaban J connectivity index is 1.45. The van der Waals surface area contributed by atoms with Crippen LogP contribution in [-0.4, -0.2) is 25.8 Å². The third kappa shape index (κ3) is 4.13. The largest absolute Gasteiger partial charge is 0.505 e. The van der Waals surface area contributed by atoms with Crippen LogP contribution in [0.4, 0.5) is 22.9 Å². The van der Waals surface area contributed by atoms with Gasteiger partial charge >= 0.3 is 0 Å². The van der Waals surface area contributed by atoms with Crippen LogP contribution in [0.2, 0.25) is 0 Å². The summed E-state index contributed by atoms with van der Waals surface area (Å²) >= 11 is 1.41. The van der Waals surface area contributed by atoms with Gasteiger partial charge in [-0.25, -0.2) is 9.83 Å². The Labute approximate surface area is 220 Å². The maximum Gasteiger partial charge on any atom is 0.259 e. The molecular weight excluding hydrogens is 498 g/mol. The number of nitrogens with zero attached hydrogens (tertiary/aromatic N) is 6. The van der Waals surface area contributed by atoms with Crippen LogP contribution in [0.25, 0.3) is 31.0 Å². The van der Waals surface area contributed by atoms with Gasteiger partial charge in [0.05, 0.1) is 28.5 Å². The molecule has 0 radical (unpaired) electrons. The second kappa shape index (κ2) is 9.57. The Morgan fingerprint density at radius 2 is 1.76 bits per heavy atom. The summed E-state index contributed by atoms with van der Waals surface area (Å²) in [4.78, 5) is 21.2. The normalized spacial score (nSPS) is 11.2. The quantitative estimate of drug-likeness (QED) is 0.182. The molecule has 4 aromatic carbocycles. The van der Waals surface area contributed by atoms with Crippen LogP contribution in [0.15, 0.2) is 101 Å². The maximum atomic E-state index is 13.1. The summed E-state index contributed by atoms with van der Waals surface area (Å²) < 4.78 is 2.42. The highest BCUT2D eigenvalue weighted by Gasteiger charge is 2.20. The number of nitrogens with one attached hydrogen (secondary N) is 1. The summed E-state index contributed by atoms with van der Waals surface area (Å²) in [5, 5.41) is 28.8. The molecule has 10 heteroatoms. The lowest BCUT2D eigenvalue weighted by Gasteiger charge is -2.11. The van der Waals surface area contributed by atoms with Crippen LogP contribution in [0.5, 0.6) is 5.75 Å². The number of para-hydroxylation sites is 2. The number of hydrogen-bond donors (Lipinski definition) is 2. The molecule has 0 spiro atoms. The van der Waals surface area contributed by atoms with Gasteiger partial charge in [-0.1, -0.05) is 65.9 Å². The number of phenolic OH excluding ortho intramolecular Hbond substituents is 1. The molecule has 1 amide bonds. The van der Waals surface area contributed by atoms with Crippen LogP contribution in [0, 0.1) is 6.57 Å². The van der Waals surface area contributed by atoms with Gasteiger partial charge in [0.2, 0.25) is 5.13 Å². The number of benzene rings is 4. The fourth-order valence-corrected chi connectivity index (χ4v) is 4.93. The highest BCUT2D eigenvalue weighted by Crippen LogP contribution is 2.41. The molecule has 0 atom stereocenters. The smallest absolute Gasteiger partial charge is 0.259 e. The number of aromatic nitrogens is 3. The second-order valence-corrected chi connectivity index (χ2v) is 9.21. The number of hydrogen-bond acceptors (Lipinski definition) is 7. The van der Waals surface area contributed by atoms with Crippen LogP contribution in [-0.2, 0) is 0 Å². The van der Waals surface area contributed by atoms with Crippen molar-refractivity contribution in [3.63, 3.8) is 0 Å². The average Bonchev–Trinajstić information content (AvgIpc) is 3.56. The first-order valence-corrected chi connectivity index (χ1v) is 12.3. The van der Waals surface area contributed by atoms with E-state index in [0.717, 1.165) is 10.2 Å². The molecule has 0 saturated carbocycles. The molecule has 0 unspecified atom stereocenters. The predicted molar refractivity (Wildman–Crippen MR) is 147 cm³/mol. The Morgan fingerprint density at radius 3 is 2.58 bits per heavy atom. The van der Waals surface area contributed by atoms with E-state index in [1.165, 1.54) is 22.2 Å². The summed E-state index contributed by atoms with van der Waals surface area (Å²) in [7, 11) is 0. The van der Waals surface area contributed by atoms with Gasteiger partial charge in [0.25, 0.3) is 11.6 Å². The SMILES string of the molecule is [C-]#[N+]c1cnn(-c2nc3ccccc3s2)c1N=Nc1c(O)c(C(=O)Nc2ccccc2)cc2ccccc12. The van der Waals surface area contributed by atoms with E-state index in [2.05, 4.69) is 30.5 Å². The average molecular weight is 516 g/mol. The number of anilines is 1. The van der Waals surface area contributed by atoms with Crippen LogP contribution in [0.3, 0.4) is 0 Å². The summed E-state index contributed by atoms with van der Waals surface area (Å²) in [6, 6.07) is 25.5. The maximum absolute atomic E-state index is 13.1. The van der Waals surface area contributed by atoms with E-state index in [-0.39, 0.29) is 28.5 Å². The van der Waals surface area contributed by atoms with Gasteiger partial charge in [-0.15, -0.1) is 10.2 Å². The minimum absolute atomic E-state index is 0.0478. The molecule has 0 aliphatic rings. The van der Waals surface area contributed by atoms with Crippen LogP contribution >= 0.6 is 11.3 Å². The van der Waals surface area contributed by atoms with Gasteiger partial charge < -0.3 is 10.4 Å². The summed E-state index contributed by atoms with van der Waals surface area (Å²) in [5.74, 6) is -0.643. The number of carbonyl (C=O) groups excluding carboxylic acids is 1. The standard InChI is InChI=1S/C28H17N7O2S/c1-29-22-16-30-35(28-32-21-13-7-8-14-23(21)38-28)26(22)34-33-24-19-12-6-5-9-17(19)15-20(25(24)36)27(37)31-18-10-3-2-4-11-18/h2-16,36H,(H,31,37). The molecule has 38 heavy (non-hydrogen) atoms. The summed E-state index contributed by atoms with van der Waals surface area (Å²) in [5.41, 5.74) is 1.72. The van der Waals surface area contributed by atoms with E-state index < -0.39 is 5.91 Å². The van der Waals surface area contributed by atoms with Gasteiger partial charge in [0, 0.05) is 11.1 Å². The molecule has 2 aromatic heterocycles. The number of amides is 1. The zero-order chi connectivity index (χ0) is 26.1. The third-order valence-electron chi connectivity index (χ3n) is 5.83. The Hall–Kier alpha value is -5.40. The topological polar surface area (TPSA) is 109 Å². The van der Waals surface area contributed by atoms with Crippen molar-refractivity contribution < 1.29 is 9.90 Å². The zero-order valence-corrected chi connectivity index (χ0v) is 20.4. The zero-order valence-electron chi connectivity index (χ0n) is 19.6. The van der Waals surface area contributed by atoms with Crippen molar-refractivity contribution in [2.45, 2.75) is 0 Å². The van der Waals surface area contributed by atoms with Crippen molar-refractivity contribution in [2.75, 3.05) is 5.32 Å². The minimum atomic E-state index is -0.489. The predicted octanol–water partition coefficient (Wildman–Crippen LogP) is 7.56. The van der Waals surface area contributed by atoms with E-state index in [1.807, 2.05) is 42.5 Å². The molecule has 9 nitrogen and oxygen atoms in total. The van der Waals surface area contributed by atoms with Crippen molar-refractivity contribution in [1.82, 2.24) is 14.8 Å². The third-order valence-corrected chi connectivity index (χ3v) is 6.84. The highest BCUT2D eigenvalue weighted by atomic mass is 32.1. The van der Waals surface area contributed by atoms with Gasteiger partial charge in [-0.05, 0) is 35.7 Å². The van der Waals surface area contributed by atoms with Crippen molar-refractivity contribution in [3.05, 3.63) is 108 Å². The minimum Gasteiger partial charge on any atom is -0.505 e. The monoisotopic (exact) mass is 515 g/mol. The van der Waals surface area contributed by atoms with E-state index >= 15 is 0 Å².